The normalized spacial score (nSPS) is 19.6. The van der Waals surface area contributed by atoms with Crippen LogP contribution in [0.5, 0.6) is 0 Å². The largest absolute Gasteiger partial charge is 0.416 e. The summed E-state index contributed by atoms with van der Waals surface area (Å²) in [5.74, 6) is -0.792. The van der Waals surface area contributed by atoms with E-state index in [1.165, 1.54) is 26.1 Å². The fourth-order valence-electron chi connectivity index (χ4n) is 2.09. The third-order valence-corrected chi connectivity index (χ3v) is 3.27. The number of likely N-dealkylation sites (N-methyl/N-ethyl adjacent to an activating group) is 1. The number of rotatable bonds is 2. The fraction of sp³-hybridized carbons (Fsp3) is 0.385. The van der Waals surface area contributed by atoms with Crippen LogP contribution in [0.3, 0.4) is 0 Å². The quantitative estimate of drug-likeness (QED) is 0.848. The molecule has 1 atom stereocenters. The highest BCUT2D eigenvalue weighted by atomic mass is 19.4. The zero-order valence-corrected chi connectivity index (χ0v) is 10.9. The molecule has 1 aliphatic rings. The predicted octanol–water partition coefficient (Wildman–Crippen LogP) is 2.18. The van der Waals surface area contributed by atoms with Crippen molar-refractivity contribution in [2.24, 2.45) is 0 Å². The van der Waals surface area contributed by atoms with E-state index >= 15 is 0 Å². The van der Waals surface area contributed by atoms with Crippen LogP contribution in [0, 0.1) is 6.92 Å². The van der Waals surface area contributed by atoms with Crippen molar-refractivity contribution in [2.45, 2.75) is 25.6 Å². The van der Waals surface area contributed by atoms with E-state index in [2.05, 4.69) is 5.32 Å². The molecule has 0 radical (unpaired) electrons. The molecule has 7 heteroatoms. The first-order valence-corrected chi connectivity index (χ1v) is 5.95. The molecule has 1 N–H and O–H groups in total. The number of imide groups is 1. The highest BCUT2D eigenvalue weighted by molar-refractivity contribution is 6.06. The number of amides is 2. The van der Waals surface area contributed by atoms with Crippen molar-refractivity contribution in [1.82, 2.24) is 4.90 Å². The van der Waals surface area contributed by atoms with Crippen molar-refractivity contribution in [3.05, 3.63) is 29.3 Å². The molecule has 1 heterocycles. The van der Waals surface area contributed by atoms with Gasteiger partial charge in [0.2, 0.25) is 5.91 Å². The van der Waals surface area contributed by atoms with E-state index in [-0.39, 0.29) is 23.6 Å². The van der Waals surface area contributed by atoms with Crippen molar-refractivity contribution in [3.63, 3.8) is 0 Å². The summed E-state index contributed by atoms with van der Waals surface area (Å²) in [6, 6.07) is 2.93. The van der Waals surface area contributed by atoms with Gasteiger partial charge in [0.25, 0.3) is 5.91 Å². The number of nitrogens with zero attached hydrogens (tertiary/aromatic N) is 1. The van der Waals surface area contributed by atoms with Gasteiger partial charge in [-0.2, -0.15) is 13.2 Å². The maximum absolute atomic E-state index is 12.8. The van der Waals surface area contributed by atoms with Crippen molar-refractivity contribution < 1.29 is 22.8 Å². The van der Waals surface area contributed by atoms with E-state index < -0.39 is 23.7 Å². The van der Waals surface area contributed by atoms with Crippen LogP contribution in [0.1, 0.15) is 17.5 Å². The van der Waals surface area contributed by atoms with E-state index in [0.29, 0.717) is 0 Å². The monoisotopic (exact) mass is 286 g/mol. The summed E-state index contributed by atoms with van der Waals surface area (Å²) in [5, 5.41) is 2.68. The first kappa shape index (κ1) is 14.4. The third-order valence-electron chi connectivity index (χ3n) is 3.27. The van der Waals surface area contributed by atoms with Crippen LogP contribution in [-0.2, 0) is 15.8 Å². The van der Waals surface area contributed by atoms with Crippen molar-refractivity contribution in [1.29, 1.82) is 0 Å². The van der Waals surface area contributed by atoms with E-state index in [0.717, 1.165) is 11.0 Å². The minimum absolute atomic E-state index is 0.0510. The molecule has 0 saturated carbocycles. The molecule has 0 aliphatic carbocycles. The SMILES string of the molecule is Cc1ccc(NC2CC(=O)N(C)C2=O)cc1C(F)(F)F. The molecule has 2 rings (SSSR count). The van der Waals surface area contributed by atoms with Crippen molar-refractivity contribution in [3.8, 4) is 0 Å². The van der Waals surface area contributed by atoms with Crippen molar-refractivity contribution >= 4 is 17.5 Å². The molecular formula is C13H13F3N2O2. The number of benzene rings is 1. The first-order valence-electron chi connectivity index (χ1n) is 5.95. The van der Waals surface area contributed by atoms with Crippen LogP contribution >= 0.6 is 0 Å². The number of hydrogen-bond acceptors (Lipinski definition) is 3. The van der Waals surface area contributed by atoms with E-state index in [1.54, 1.807) is 0 Å². The Morgan fingerprint density at radius 1 is 1.30 bits per heavy atom. The zero-order valence-electron chi connectivity index (χ0n) is 10.9. The smallest absolute Gasteiger partial charge is 0.373 e. The number of nitrogens with one attached hydrogen (secondary N) is 1. The number of halogens is 3. The van der Waals surface area contributed by atoms with Crippen LogP contribution in [-0.4, -0.2) is 29.8 Å². The Kier molecular flexibility index (Phi) is 3.45. The summed E-state index contributed by atoms with van der Waals surface area (Å²) in [6.45, 7) is 1.37. The lowest BCUT2D eigenvalue weighted by Gasteiger charge is -2.16. The minimum Gasteiger partial charge on any atom is -0.373 e. The summed E-state index contributed by atoms with van der Waals surface area (Å²) in [5.41, 5.74) is -0.481. The van der Waals surface area contributed by atoms with E-state index in [9.17, 15) is 22.8 Å². The van der Waals surface area contributed by atoms with Gasteiger partial charge in [-0.3, -0.25) is 14.5 Å². The van der Waals surface area contributed by atoms with Gasteiger partial charge in [0.15, 0.2) is 0 Å². The number of likely N-dealkylation sites (tertiary alicyclic amines) is 1. The Balaban J connectivity index is 2.23. The van der Waals surface area contributed by atoms with Gasteiger partial charge in [0, 0.05) is 12.7 Å². The van der Waals surface area contributed by atoms with Crippen LogP contribution in [0.2, 0.25) is 0 Å². The standard InChI is InChI=1S/C13H13F3N2O2/c1-7-3-4-8(5-9(7)13(14,15)16)17-10-6-11(19)18(2)12(10)20/h3-5,10,17H,6H2,1-2H3. The highest BCUT2D eigenvalue weighted by Gasteiger charge is 2.37. The second-order valence-corrected chi connectivity index (χ2v) is 4.72. The maximum Gasteiger partial charge on any atom is 0.416 e. The Morgan fingerprint density at radius 3 is 2.45 bits per heavy atom. The van der Waals surface area contributed by atoms with Gasteiger partial charge in [-0.15, -0.1) is 0 Å². The minimum atomic E-state index is -4.45. The van der Waals surface area contributed by atoms with Gasteiger partial charge in [0.05, 0.1) is 12.0 Å². The number of hydrogen-bond donors (Lipinski definition) is 1. The number of carbonyl (C=O) groups excluding carboxylic acids is 2. The second kappa shape index (κ2) is 4.81. The van der Waals surface area contributed by atoms with Crippen molar-refractivity contribution in [2.75, 3.05) is 12.4 Å². The molecule has 20 heavy (non-hydrogen) atoms. The Bertz CT molecular complexity index is 569. The van der Waals surface area contributed by atoms with Gasteiger partial charge in [-0.1, -0.05) is 6.07 Å². The van der Waals surface area contributed by atoms with Gasteiger partial charge < -0.3 is 5.32 Å². The van der Waals surface area contributed by atoms with Crippen LogP contribution in [0.15, 0.2) is 18.2 Å². The molecule has 2 amide bonds. The lowest BCUT2D eigenvalue weighted by Crippen LogP contribution is -2.31. The highest BCUT2D eigenvalue weighted by Crippen LogP contribution is 2.33. The molecule has 1 aromatic rings. The summed E-state index contributed by atoms with van der Waals surface area (Å²) in [6.07, 6.45) is -4.50. The molecule has 0 aromatic heterocycles. The van der Waals surface area contributed by atoms with E-state index in [1.807, 2.05) is 0 Å². The molecule has 1 aromatic carbocycles. The van der Waals surface area contributed by atoms with Gasteiger partial charge in [0.1, 0.15) is 6.04 Å². The average Bonchev–Trinajstić information content (AvgIpc) is 2.58. The fourth-order valence-corrected chi connectivity index (χ4v) is 2.09. The molecule has 0 bridgehead atoms. The predicted molar refractivity (Wildman–Crippen MR) is 66.0 cm³/mol. The molecule has 108 valence electrons. The lowest BCUT2D eigenvalue weighted by atomic mass is 10.1. The Labute approximate surface area is 113 Å². The molecular weight excluding hydrogens is 273 g/mol. The summed E-state index contributed by atoms with van der Waals surface area (Å²) < 4.78 is 38.4. The molecule has 0 spiro atoms. The summed E-state index contributed by atoms with van der Waals surface area (Å²) in [7, 11) is 1.35. The average molecular weight is 286 g/mol. The number of aryl methyl sites for hydroxylation is 1. The summed E-state index contributed by atoms with van der Waals surface area (Å²) >= 11 is 0. The van der Waals surface area contributed by atoms with E-state index in [4.69, 9.17) is 0 Å². The summed E-state index contributed by atoms with van der Waals surface area (Å²) in [4.78, 5) is 24.0. The molecule has 1 unspecified atom stereocenters. The third kappa shape index (κ3) is 2.61. The van der Waals surface area contributed by atoms with Gasteiger partial charge in [-0.25, -0.2) is 0 Å². The van der Waals surface area contributed by atoms with Gasteiger partial charge >= 0.3 is 6.18 Å². The van der Waals surface area contributed by atoms with Crippen LogP contribution in [0.4, 0.5) is 18.9 Å². The number of anilines is 1. The molecule has 1 fully saturated rings. The molecule has 1 saturated heterocycles. The molecule has 1 aliphatic heterocycles. The number of carbonyl (C=O) groups is 2. The maximum atomic E-state index is 12.8. The van der Waals surface area contributed by atoms with Crippen LogP contribution in [0.25, 0.3) is 0 Å². The lowest BCUT2D eigenvalue weighted by molar-refractivity contribution is -0.138. The zero-order chi connectivity index (χ0) is 15.1. The topological polar surface area (TPSA) is 49.4 Å². The number of alkyl halides is 3. The Morgan fingerprint density at radius 2 is 1.95 bits per heavy atom. The molecule has 4 nitrogen and oxygen atoms in total. The first-order chi connectivity index (χ1) is 9.20. The van der Waals surface area contributed by atoms with Gasteiger partial charge in [-0.05, 0) is 24.6 Å². The Hall–Kier alpha value is -2.05. The van der Waals surface area contributed by atoms with Crippen LogP contribution < -0.4 is 5.32 Å². The second-order valence-electron chi connectivity index (χ2n) is 4.72.